The zero-order valence-corrected chi connectivity index (χ0v) is 12.0. The molecule has 0 atom stereocenters. The molecular formula is C16H13ClN2O. The van der Waals surface area contributed by atoms with Crippen molar-refractivity contribution in [2.24, 2.45) is 4.99 Å². The second-order valence-corrected chi connectivity index (χ2v) is 4.64. The van der Waals surface area contributed by atoms with Gasteiger partial charge < -0.3 is 4.74 Å². The third-order valence-corrected chi connectivity index (χ3v) is 3.11. The van der Waals surface area contributed by atoms with Gasteiger partial charge in [-0.25, -0.2) is 0 Å². The van der Waals surface area contributed by atoms with Crippen LogP contribution in [0.5, 0.6) is 5.75 Å². The van der Waals surface area contributed by atoms with Crippen molar-refractivity contribution in [3.8, 4) is 11.8 Å². The number of nitrogens with zero attached hydrogens (tertiary/aromatic N) is 2. The van der Waals surface area contributed by atoms with E-state index in [9.17, 15) is 0 Å². The highest BCUT2D eigenvalue weighted by molar-refractivity contribution is 6.30. The SMILES string of the molecule is COc1ccc(/C(C)=N/c2cc(Cl)ccc2C#N)cc1. The van der Waals surface area contributed by atoms with Gasteiger partial charge in [-0.05, 0) is 55.0 Å². The van der Waals surface area contributed by atoms with E-state index < -0.39 is 0 Å². The summed E-state index contributed by atoms with van der Waals surface area (Å²) in [5.74, 6) is 0.794. The van der Waals surface area contributed by atoms with E-state index in [-0.39, 0.29) is 0 Å². The van der Waals surface area contributed by atoms with E-state index in [4.69, 9.17) is 21.6 Å². The lowest BCUT2D eigenvalue weighted by Gasteiger charge is -2.05. The van der Waals surface area contributed by atoms with Crippen LogP contribution in [0.4, 0.5) is 5.69 Å². The molecule has 0 aliphatic heterocycles. The topological polar surface area (TPSA) is 45.4 Å². The summed E-state index contributed by atoms with van der Waals surface area (Å²) in [6, 6.07) is 14.7. The molecule has 20 heavy (non-hydrogen) atoms. The molecule has 100 valence electrons. The predicted molar refractivity (Wildman–Crippen MR) is 81.0 cm³/mol. The van der Waals surface area contributed by atoms with Gasteiger partial charge in [-0.2, -0.15) is 5.26 Å². The molecule has 2 aromatic carbocycles. The Balaban J connectivity index is 2.39. The summed E-state index contributed by atoms with van der Waals surface area (Å²) in [5.41, 5.74) is 2.86. The molecule has 0 amide bonds. The van der Waals surface area contributed by atoms with Gasteiger partial charge in [0.15, 0.2) is 0 Å². The van der Waals surface area contributed by atoms with E-state index in [1.807, 2.05) is 31.2 Å². The Labute approximate surface area is 123 Å². The van der Waals surface area contributed by atoms with Gasteiger partial charge in [0, 0.05) is 10.7 Å². The Morgan fingerprint density at radius 3 is 2.50 bits per heavy atom. The minimum absolute atomic E-state index is 0.502. The van der Waals surface area contributed by atoms with Gasteiger partial charge in [-0.1, -0.05) is 11.6 Å². The maximum atomic E-state index is 9.08. The maximum Gasteiger partial charge on any atom is 0.118 e. The summed E-state index contributed by atoms with van der Waals surface area (Å²) >= 11 is 5.95. The molecule has 0 bridgehead atoms. The molecule has 0 N–H and O–H groups in total. The molecule has 0 aliphatic carbocycles. The van der Waals surface area contributed by atoms with Crippen molar-refractivity contribution in [1.82, 2.24) is 0 Å². The second-order valence-electron chi connectivity index (χ2n) is 4.20. The first kappa shape index (κ1) is 14.1. The smallest absolute Gasteiger partial charge is 0.118 e. The zero-order valence-electron chi connectivity index (χ0n) is 11.2. The van der Waals surface area contributed by atoms with Gasteiger partial charge in [-0.15, -0.1) is 0 Å². The lowest BCUT2D eigenvalue weighted by Crippen LogP contribution is -1.94. The van der Waals surface area contributed by atoms with Crippen molar-refractivity contribution in [3.05, 3.63) is 58.6 Å². The summed E-state index contributed by atoms with van der Waals surface area (Å²) in [5, 5.41) is 9.64. The zero-order chi connectivity index (χ0) is 14.5. The number of methoxy groups -OCH3 is 1. The van der Waals surface area contributed by atoms with Gasteiger partial charge in [0.05, 0.1) is 18.4 Å². The number of hydrogen-bond donors (Lipinski definition) is 0. The first-order chi connectivity index (χ1) is 9.63. The van der Waals surface area contributed by atoms with Gasteiger partial charge in [0.1, 0.15) is 11.8 Å². The van der Waals surface area contributed by atoms with Gasteiger partial charge in [0.25, 0.3) is 0 Å². The van der Waals surface area contributed by atoms with Gasteiger partial charge >= 0.3 is 0 Å². The van der Waals surface area contributed by atoms with Crippen LogP contribution in [0.1, 0.15) is 18.1 Å². The van der Waals surface area contributed by atoms with Crippen LogP contribution in [-0.2, 0) is 0 Å². The van der Waals surface area contributed by atoms with Crippen LogP contribution in [0, 0.1) is 11.3 Å². The van der Waals surface area contributed by atoms with Crippen LogP contribution in [0.3, 0.4) is 0 Å². The molecule has 0 saturated carbocycles. The molecule has 0 radical (unpaired) electrons. The number of aliphatic imine (C=N–C) groups is 1. The highest BCUT2D eigenvalue weighted by Crippen LogP contribution is 2.24. The van der Waals surface area contributed by atoms with Gasteiger partial charge in [0.2, 0.25) is 0 Å². The van der Waals surface area contributed by atoms with E-state index in [0.29, 0.717) is 16.3 Å². The van der Waals surface area contributed by atoms with Crippen LogP contribution in [-0.4, -0.2) is 12.8 Å². The third-order valence-electron chi connectivity index (χ3n) is 2.88. The van der Waals surface area contributed by atoms with E-state index in [1.165, 1.54) is 0 Å². The molecule has 0 saturated heterocycles. The molecule has 0 unspecified atom stereocenters. The number of hydrogen-bond acceptors (Lipinski definition) is 3. The van der Waals surface area contributed by atoms with Crippen molar-refractivity contribution in [2.75, 3.05) is 7.11 Å². The molecule has 2 rings (SSSR count). The minimum Gasteiger partial charge on any atom is -0.497 e. The quantitative estimate of drug-likeness (QED) is 0.786. The summed E-state index contributed by atoms with van der Waals surface area (Å²) in [6.45, 7) is 1.89. The highest BCUT2D eigenvalue weighted by atomic mass is 35.5. The molecule has 0 fully saturated rings. The van der Waals surface area contributed by atoms with E-state index in [2.05, 4.69) is 11.1 Å². The number of ether oxygens (including phenoxy) is 1. The fraction of sp³-hybridized carbons (Fsp3) is 0.125. The molecular weight excluding hydrogens is 272 g/mol. The van der Waals surface area contributed by atoms with E-state index in [1.54, 1.807) is 25.3 Å². The Morgan fingerprint density at radius 2 is 1.90 bits per heavy atom. The van der Waals surface area contributed by atoms with Crippen molar-refractivity contribution >= 4 is 23.0 Å². The Hall–Kier alpha value is -2.31. The van der Waals surface area contributed by atoms with Crippen molar-refractivity contribution < 1.29 is 4.74 Å². The van der Waals surface area contributed by atoms with Crippen LogP contribution in [0.25, 0.3) is 0 Å². The molecule has 0 aromatic heterocycles. The summed E-state index contributed by atoms with van der Waals surface area (Å²) in [7, 11) is 1.63. The molecule has 0 aliphatic rings. The summed E-state index contributed by atoms with van der Waals surface area (Å²) in [6.07, 6.45) is 0. The molecule has 0 heterocycles. The molecule has 4 heteroatoms. The molecule has 0 spiro atoms. The van der Waals surface area contributed by atoms with E-state index in [0.717, 1.165) is 17.0 Å². The molecule has 3 nitrogen and oxygen atoms in total. The van der Waals surface area contributed by atoms with Crippen LogP contribution < -0.4 is 4.74 Å². The van der Waals surface area contributed by atoms with Crippen molar-refractivity contribution in [2.45, 2.75) is 6.92 Å². The average Bonchev–Trinajstić information content (AvgIpc) is 2.47. The van der Waals surface area contributed by atoms with Gasteiger partial charge in [-0.3, -0.25) is 4.99 Å². The maximum absolute atomic E-state index is 9.08. The first-order valence-corrected chi connectivity index (χ1v) is 6.41. The fourth-order valence-corrected chi connectivity index (χ4v) is 1.94. The van der Waals surface area contributed by atoms with Crippen LogP contribution in [0.15, 0.2) is 47.5 Å². The fourth-order valence-electron chi connectivity index (χ4n) is 1.77. The monoisotopic (exact) mass is 284 g/mol. The predicted octanol–water partition coefficient (Wildman–Crippen LogP) is 4.36. The Morgan fingerprint density at radius 1 is 1.20 bits per heavy atom. The van der Waals surface area contributed by atoms with Crippen LogP contribution in [0.2, 0.25) is 5.02 Å². The summed E-state index contributed by atoms with van der Waals surface area (Å²) in [4.78, 5) is 4.49. The number of benzene rings is 2. The highest BCUT2D eigenvalue weighted by Gasteiger charge is 2.04. The van der Waals surface area contributed by atoms with Crippen molar-refractivity contribution in [3.63, 3.8) is 0 Å². The second kappa shape index (κ2) is 6.23. The number of nitriles is 1. The normalized spacial score (nSPS) is 11.0. The molecule has 2 aromatic rings. The average molecular weight is 285 g/mol. The standard InChI is InChI=1S/C16H13ClN2O/c1-11(12-4-7-15(20-2)8-5-12)19-16-9-14(17)6-3-13(16)10-18/h3-9H,1-2H3/b19-11+. The summed E-state index contributed by atoms with van der Waals surface area (Å²) < 4.78 is 5.12. The largest absolute Gasteiger partial charge is 0.497 e. The Bertz CT molecular complexity index is 685. The minimum atomic E-state index is 0.502. The Kier molecular flexibility index (Phi) is 4.39. The van der Waals surface area contributed by atoms with E-state index >= 15 is 0 Å². The number of halogens is 1. The lowest BCUT2D eigenvalue weighted by molar-refractivity contribution is 0.415. The number of rotatable bonds is 3. The first-order valence-electron chi connectivity index (χ1n) is 6.03. The van der Waals surface area contributed by atoms with Crippen molar-refractivity contribution in [1.29, 1.82) is 5.26 Å². The van der Waals surface area contributed by atoms with Crippen LogP contribution >= 0.6 is 11.6 Å². The lowest BCUT2D eigenvalue weighted by atomic mass is 10.1. The third kappa shape index (κ3) is 3.17.